The van der Waals surface area contributed by atoms with Crippen LogP contribution < -0.4 is 0 Å². The summed E-state index contributed by atoms with van der Waals surface area (Å²) >= 11 is 0. The van der Waals surface area contributed by atoms with Crippen LogP contribution in [0.25, 0.3) is 0 Å². The molecule has 0 aromatic rings. The molecule has 1 N–H and O–H groups in total. The van der Waals surface area contributed by atoms with E-state index >= 15 is 0 Å². The second-order valence-electron chi connectivity index (χ2n) is 4.47. The molecule has 0 aliphatic heterocycles. The van der Waals surface area contributed by atoms with Gasteiger partial charge in [-0.15, -0.1) is 0 Å². The first-order valence-electron chi connectivity index (χ1n) is 6.53. The van der Waals surface area contributed by atoms with Crippen molar-refractivity contribution in [3.05, 3.63) is 0 Å². The fourth-order valence-electron chi connectivity index (χ4n) is 2.84. The average molecular weight is 229 g/mol. The van der Waals surface area contributed by atoms with E-state index in [4.69, 9.17) is 5.11 Å². The van der Waals surface area contributed by atoms with Gasteiger partial charge in [0, 0.05) is 5.54 Å². The van der Waals surface area contributed by atoms with Gasteiger partial charge in [0.1, 0.15) is 0 Å². The van der Waals surface area contributed by atoms with Crippen LogP contribution in [0.5, 0.6) is 0 Å². The number of rotatable bonds is 9. The predicted octanol–water partition coefficient (Wildman–Crippen LogP) is 3.14. The molecule has 0 aromatic heterocycles. The minimum Gasteiger partial charge on any atom is -0.481 e. The molecule has 0 saturated carbocycles. The van der Waals surface area contributed by atoms with E-state index in [2.05, 4.69) is 32.6 Å². The van der Waals surface area contributed by atoms with Crippen molar-refractivity contribution in [1.82, 2.24) is 4.90 Å². The quantitative estimate of drug-likeness (QED) is 0.660. The van der Waals surface area contributed by atoms with Gasteiger partial charge in [-0.1, -0.05) is 40.5 Å². The van der Waals surface area contributed by atoms with Crippen molar-refractivity contribution < 1.29 is 9.90 Å². The zero-order valence-electron chi connectivity index (χ0n) is 11.3. The largest absolute Gasteiger partial charge is 0.481 e. The van der Waals surface area contributed by atoms with Crippen LogP contribution in [-0.4, -0.2) is 34.6 Å². The van der Waals surface area contributed by atoms with Gasteiger partial charge < -0.3 is 5.11 Å². The summed E-state index contributed by atoms with van der Waals surface area (Å²) in [5, 5.41) is 9.12. The van der Waals surface area contributed by atoms with Gasteiger partial charge in [-0.05, 0) is 25.9 Å². The van der Waals surface area contributed by atoms with Gasteiger partial charge in [0.15, 0.2) is 0 Å². The highest BCUT2D eigenvalue weighted by atomic mass is 16.4. The normalized spacial score (nSPS) is 12.1. The number of carboxylic acid groups (broad SMARTS) is 1. The average Bonchev–Trinajstić information content (AvgIpc) is 2.19. The minimum absolute atomic E-state index is 0.126. The summed E-state index contributed by atoms with van der Waals surface area (Å²) in [4.78, 5) is 13.4. The highest BCUT2D eigenvalue weighted by molar-refractivity contribution is 5.68. The molecule has 0 aromatic carbocycles. The molecule has 0 rings (SSSR count). The SMILES string of the molecule is CCCC(CCC)(CC(=O)O)N(CC)CC. The fourth-order valence-corrected chi connectivity index (χ4v) is 2.84. The molecule has 3 nitrogen and oxygen atoms in total. The molecular formula is C13H27NO2. The zero-order valence-corrected chi connectivity index (χ0v) is 11.3. The monoisotopic (exact) mass is 229 g/mol. The van der Waals surface area contributed by atoms with E-state index in [9.17, 15) is 4.79 Å². The molecule has 3 heteroatoms. The second kappa shape index (κ2) is 7.66. The Morgan fingerprint density at radius 3 is 1.75 bits per heavy atom. The lowest BCUT2D eigenvalue weighted by atomic mass is 9.83. The summed E-state index contributed by atoms with van der Waals surface area (Å²) in [5.41, 5.74) is -0.126. The highest BCUT2D eigenvalue weighted by Crippen LogP contribution is 2.30. The van der Waals surface area contributed by atoms with Crippen molar-refractivity contribution in [2.45, 2.75) is 65.3 Å². The molecule has 0 unspecified atom stereocenters. The molecule has 0 aliphatic carbocycles. The maximum Gasteiger partial charge on any atom is 0.305 e. The standard InChI is InChI=1S/C13H27NO2/c1-5-9-13(10-6-2,11-12(15)16)14(7-3)8-4/h5-11H2,1-4H3,(H,15,16). The van der Waals surface area contributed by atoms with Crippen molar-refractivity contribution in [3.63, 3.8) is 0 Å². The molecule has 0 atom stereocenters. The van der Waals surface area contributed by atoms with Gasteiger partial charge in [0.25, 0.3) is 0 Å². The smallest absolute Gasteiger partial charge is 0.305 e. The van der Waals surface area contributed by atoms with Gasteiger partial charge in [0.05, 0.1) is 6.42 Å². The summed E-state index contributed by atoms with van der Waals surface area (Å²) < 4.78 is 0. The molecule has 0 heterocycles. The lowest BCUT2D eigenvalue weighted by Crippen LogP contribution is -2.50. The van der Waals surface area contributed by atoms with Crippen molar-refractivity contribution in [3.8, 4) is 0 Å². The number of carboxylic acids is 1. The number of hydrogen-bond acceptors (Lipinski definition) is 2. The molecule has 0 spiro atoms. The summed E-state index contributed by atoms with van der Waals surface area (Å²) in [6.07, 6.45) is 4.33. The zero-order chi connectivity index (χ0) is 12.6. The highest BCUT2D eigenvalue weighted by Gasteiger charge is 2.35. The van der Waals surface area contributed by atoms with Gasteiger partial charge in [-0.2, -0.15) is 0 Å². The van der Waals surface area contributed by atoms with E-state index in [0.29, 0.717) is 0 Å². The number of nitrogens with zero attached hydrogens (tertiary/aromatic N) is 1. The van der Waals surface area contributed by atoms with Crippen LogP contribution in [0, 0.1) is 0 Å². The molecule has 96 valence electrons. The Morgan fingerprint density at radius 2 is 1.50 bits per heavy atom. The van der Waals surface area contributed by atoms with Crippen LogP contribution in [0.1, 0.15) is 59.8 Å². The van der Waals surface area contributed by atoms with Crippen molar-refractivity contribution >= 4 is 5.97 Å². The number of aliphatic carboxylic acids is 1. The Balaban J connectivity index is 4.95. The lowest BCUT2D eigenvalue weighted by Gasteiger charge is -2.42. The third-order valence-electron chi connectivity index (χ3n) is 3.35. The molecule has 16 heavy (non-hydrogen) atoms. The van der Waals surface area contributed by atoms with Crippen molar-refractivity contribution in [2.24, 2.45) is 0 Å². The van der Waals surface area contributed by atoms with E-state index in [1.54, 1.807) is 0 Å². The first-order valence-corrected chi connectivity index (χ1v) is 6.53. The van der Waals surface area contributed by atoms with E-state index < -0.39 is 5.97 Å². The lowest BCUT2D eigenvalue weighted by molar-refractivity contribution is -0.141. The summed E-state index contributed by atoms with van der Waals surface area (Å²) in [6, 6.07) is 0. The van der Waals surface area contributed by atoms with Crippen LogP contribution in [-0.2, 0) is 4.79 Å². The van der Waals surface area contributed by atoms with Gasteiger partial charge in [0.2, 0.25) is 0 Å². The molecular weight excluding hydrogens is 202 g/mol. The first-order chi connectivity index (χ1) is 7.56. The first kappa shape index (κ1) is 15.4. The maximum atomic E-state index is 11.1. The van der Waals surface area contributed by atoms with Gasteiger partial charge in [-0.3, -0.25) is 9.69 Å². The topological polar surface area (TPSA) is 40.5 Å². The summed E-state index contributed by atoms with van der Waals surface area (Å²) in [6.45, 7) is 10.4. The Kier molecular flexibility index (Phi) is 7.39. The van der Waals surface area contributed by atoms with Crippen LogP contribution in [0.4, 0.5) is 0 Å². The van der Waals surface area contributed by atoms with Crippen LogP contribution >= 0.6 is 0 Å². The molecule has 0 bridgehead atoms. The molecule has 0 radical (unpaired) electrons. The Labute approximate surface area is 99.8 Å². The third kappa shape index (κ3) is 4.12. The van der Waals surface area contributed by atoms with Crippen molar-refractivity contribution in [2.75, 3.05) is 13.1 Å². The Bertz CT molecular complexity index is 194. The summed E-state index contributed by atoms with van der Waals surface area (Å²) in [7, 11) is 0. The molecule has 0 amide bonds. The Morgan fingerprint density at radius 1 is 1.06 bits per heavy atom. The number of carbonyl (C=O) groups is 1. The third-order valence-corrected chi connectivity index (χ3v) is 3.35. The van der Waals surface area contributed by atoms with E-state index in [1.165, 1.54) is 0 Å². The van der Waals surface area contributed by atoms with Crippen LogP contribution in [0.2, 0.25) is 0 Å². The molecule has 0 saturated heterocycles. The fraction of sp³-hybridized carbons (Fsp3) is 0.923. The maximum absolute atomic E-state index is 11.1. The van der Waals surface area contributed by atoms with Gasteiger partial charge >= 0.3 is 5.97 Å². The van der Waals surface area contributed by atoms with Crippen molar-refractivity contribution in [1.29, 1.82) is 0 Å². The van der Waals surface area contributed by atoms with Crippen LogP contribution in [0.15, 0.2) is 0 Å². The van der Waals surface area contributed by atoms with E-state index in [1.807, 2.05) is 0 Å². The van der Waals surface area contributed by atoms with Gasteiger partial charge in [-0.25, -0.2) is 0 Å². The Hall–Kier alpha value is -0.570. The second-order valence-corrected chi connectivity index (χ2v) is 4.47. The molecule has 0 fully saturated rings. The number of hydrogen-bond donors (Lipinski definition) is 1. The molecule has 0 aliphatic rings. The minimum atomic E-state index is -0.672. The van der Waals surface area contributed by atoms with E-state index in [0.717, 1.165) is 38.8 Å². The van der Waals surface area contributed by atoms with Crippen LogP contribution in [0.3, 0.4) is 0 Å². The summed E-state index contributed by atoms with van der Waals surface area (Å²) in [5.74, 6) is -0.672. The van der Waals surface area contributed by atoms with E-state index in [-0.39, 0.29) is 12.0 Å². The predicted molar refractivity (Wildman–Crippen MR) is 67.7 cm³/mol.